The third-order valence-electron chi connectivity index (χ3n) is 3.25. The molecule has 0 aromatic heterocycles. The van der Waals surface area contributed by atoms with E-state index in [0.717, 1.165) is 17.5 Å². The Morgan fingerprint density at radius 3 is 2.55 bits per heavy atom. The summed E-state index contributed by atoms with van der Waals surface area (Å²) in [4.78, 5) is 12.1. The summed E-state index contributed by atoms with van der Waals surface area (Å²) in [6, 6.07) is 7.62. The molecule has 1 rings (SSSR count). The summed E-state index contributed by atoms with van der Waals surface area (Å²) in [5.74, 6) is 0.0931. The van der Waals surface area contributed by atoms with Crippen LogP contribution in [0, 0.1) is 0 Å². The number of carbonyl (C=O) groups excluding carboxylic acids is 1. The average Bonchev–Trinajstić information content (AvgIpc) is 2.42. The highest BCUT2D eigenvalue weighted by Gasteiger charge is 2.17. The number of benzene rings is 1. The molecular formula is C16H24N2O3S. The lowest BCUT2D eigenvalue weighted by Crippen LogP contribution is -2.33. The second kappa shape index (κ2) is 8.10. The van der Waals surface area contributed by atoms with Crippen LogP contribution < -0.4 is 5.32 Å². The van der Waals surface area contributed by atoms with E-state index in [1.54, 1.807) is 0 Å². The fourth-order valence-electron chi connectivity index (χ4n) is 2.09. The van der Waals surface area contributed by atoms with E-state index in [1.165, 1.54) is 10.4 Å². The van der Waals surface area contributed by atoms with Crippen LogP contribution in [-0.4, -0.2) is 38.0 Å². The zero-order chi connectivity index (χ0) is 16.8. The fourth-order valence-corrected chi connectivity index (χ4v) is 2.89. The molecule has 0 radical (unpaired) electrons. The van der Waals surface area contributed by atoms with Crippen LogP contribution in [0.15, 0.2) is 36.9 Å². The number of amides is 1. The third-order valence-corrected chi connectivity index (χ3v) is 4.52. The van der Waals surface area contributed by atoms with Gasteiger partial charge in [-0.1, -0.05) is 38.1 Å². The largest absolute Gasteiger partial charge is 0.326 e. The van der Waals surface area contributed by atoms with Crippen LogP contribution in [-0.2, 0) is 14.8 Å². The molecule has 0 unspecified atom stereocenters. The Morgan fingerprint density at radius 1 is 1.36 bits per heavy atom. The Bertz CT molecular complexity index is 624. The highest BCUT2D eigenvalue weighted by molar-refractivity contribution is 7.88. The molecular weight excluding hydrogens is 300 g/mol. The van der Waals surface area contributed by atoms with Crippen LogP contribution >= 0.6 is 0 Å². The fraction of sp³-hybridized carbons (Fsp3) is 0.438. The molecule has 0 saturated carbocycles. The minimum absolute atomic E-state index is 0.105. The van der Waals surface area contributed by atoms with Crippen molar-refractivity contribution in [1.82, 2.24) is 4.31 Å². The summed E-state index contributed by atoms with van der Waals surface area (Å²) in [5.41, 5.74) is 1.83. The number of nitrogens with zero attached hydrogens (tertiary/aromatic N) is 1. The van der Waals surface area contributed by atoms with Gasteiger partial charge in [-0.15, -0.1) is 6.58 Å². The molecule has 0 saturated heterocycles. The van der Waals surface area contributed by atoms with E-state index in [9.17, 15) is 13.2 Å². The smallest absolute Gasteiger partial charge is 0.225 e. The van der Waals surface area contributed by atoms with Gasteiger partial charge in [-0.05, 0) is 17.5 Å². The molecule has 1 aromatic carbocycles. The van der Waals surface area contributed by atoms with Crippen molar-refractivity contribution in [1.29, 1.82) is 0 Å². The van der Waals surface area contributed by atoms with Crippen LogP contribution in [0.4, 0.5) is 5.69 Å². The van der Waals surface area contributed by atoms with Gasteiger partial charge in [-0.25, -0.2) is 8.42 Å². The van der Waals surface area contributed by atoms with E-state index in [4.69, 9.17) is 0 Å². The van der Waals surface area contributed by atoms with E-state index in [0.29, 0.717) is 5.92 Å². The van der Waals surface area contributed by atoms with E-state index in [1.807, 2.05) is 24.3 Å². The predicted octanol–water partition coefficient (Wildman–Crippen LogP) is 2.59. The molecule has 1 amide bonds. The highest BCUT2D eigenvalue weighted by atomic mass is 32.2. The SMILES string of the molecule is C=CCN(CCC(=O)Nc1ccccc1C(C)C)S(C)(=O)=O. The molecule has 0 heterocycles. The number of hydrogen-bond donors (Lipinski definition) is 1. The van der Waals surface area contributed by atoms with Gasteiger partial charge in [0.25, 0.3) is 0 Å². The molecule has 122 valence electrons. The van der Waals surface area contributed by atoms with Crippen LogP contribution in [0.5, 0.6) is 0 Å². The standard InChI is InChI=1S/C16H24N2O3S/c1-5-11-18(22(4,20)21)12-10-16(19)17-15-9-7-6-8-14(15)13(2)3/h5-9,13H,1,10-12H2,2-4H3,(H,17,19). The number of anilines is 1. The molecule has 0 atom stereocenters. The summed E-state index contributed by atoms with van der Waals surface area (Å²) in [5, 5.41) is 2.85. The number of sulfonamides is 1. The second-order valence-corrected chi connectivity index (χ2v) is 7.43. The van der Waals surface area contributed by atoms with Crippen molar-refractivity contribution in [2.45, 2.75) is 26.2 Å². The maximum absolute atomic E-state index is 12.1. The van der Waals surface area contributed by atoms with Gasteiger partial charge in [0, 0.05) is 25.2 Å². The molecule has 1 N–H and O–H groups in total. The number of rotatable bonds is 8. The van der Waals surface area contributed by atoms with Gasteiger partial charge < -0.3 is 5.32 Å². The van der Waals surface area contributed by atoms with Crippen molar-refractivity contribution in [2.75, 3.05) is 24.7 Å². The third kappa shape index (κ3) is 5.61. The Hall–Kier alpha value is -1.66. The van der Waals surface area contributed by atoms with Gasteiger partial charge >= 0.3 is 0 Å². The van der Waals surface area contributed by atoms with Crippen LogP contribution in [0.1, 0.15) is 31.7 Å². The van der Waals surface area contributed by atoms with E-state index in [-0.39, 0.29) is 25.4 Å². The average molecular weight is 324 g/mol. The molecule has 0 aliphatic rings. The van der Waals surface area contributed by atoms with Gasteiger partial charge in [0.1, 0.15) is 0 Å². The van der Waals surface area contributed by atoms with Crippen LogP contribution in [0.3, 0.4) is 0 Å². The summed E-state index contributed by atoms with van der Waals surface area (Å²) >= 11 is 0. The minimum Gasteiger partial charge on any atom is -0.326 e. The monoisotopic (exact) mass is 324 g/mol. The van der Waals surface area contributed by atoms with Crippen LogP contribution in [0.25, 0.3) is 0 Å². The molecule has 6 heteroatoms. The van der Waals surface area contributed by atoms with E-state index in [2.05, 4.69) is 25.7 Å². The number of hydrogen-bond acceptors (Lipinski definition) is 3. The number of para-hydroxylation sites is 1. The van der Waals surface area contributed by atoms with Crippen LogP contribution in [0.2, 0.25) is 0 Å². The summed E-state index contributed by atoms with van der Waals surface area (Å²) in [6.45, 7) is 7.99. The lowest BCUT2D eigenvalue weighted by atomic mass is 10.0. The predicted molar refractivity (Wildman–Crippen MR) is 90.4 cm³/mol. The van der Waals surface area contributed by atoms with Gasteiger partial charge in [0.05, 0.1) is 6.26 Å². The molecule has 1 aromatic rings. The Balaban J connectivity index is 2.69. The van der Waals surface area contributed by atoms with Gasteiger partial charge in [0.15, 0.2) is 0 Å². The summed E-state index contributed by atoms with van der Waals surface area (Å²) < 4.78 is 24.4. The maximum atomic E-state index is 12.1. The first-order valence-electron chi connectivity index (χ1n) is 7.20. The molecule has 0 aliphatic carbocycles. The van der Waals surface area contributed by atoms with Crippen molar-refractivity contribution in [3.05, 3.63) is 42.5 Å². The van der Waals surface area contributed by atoms with Gasteiger partial charge in [-0.3, -0.25) is 4.79 Å². The first kappa shape index (κ1) is 18.4. The number of carbonyl (C=O) groups is 1. The molecule has 22 heavy (non-hydrogen) atoms. The van der Waals surface area contributed by atoms with Gasteiger partial charge in [0.2, 0.25) is 15.9 Å². The number of nitrogens with one attached hydrogen (secondary N) is 1. The van der Waals surface area contributed by atoms with Crippen molar-refractivity contribution in [3.63, 3.8) is 0 Å². The minimum atomic E-state index is -3.34. The lowest BCUT2D eigenvalue weighted by molar-refractivity contribution is -0.116. The second-order valence-electron chi connectivity index (χ2n) is 5.45. The first-order chi connectivity index (χ1) is 10.3. The zero-order valence-corrected chi connectivity index (χ0v) is 14.2. The maximum Gasteiger partial charge on any atom is 0.225 e. The lowest BCUT2D eigenvalue weighted by Gasteiger charge is -2.18. The molecule has 0 fully saturated rings. The Morgan fingerprint density at radius 2 is 2.00 bits per heavy atom. The molecule has 0 aliphatic heterocycles. The van der Waals surface area contributed by atoms with Gasteiger partial charge in [-0.2, -0.15) is 4.31 Å². The van der Waals surface area contributed by atoms with Crippen molar-refractivity contribution in [2.24, 2.45) is 0 Å². The normalized spacial score (nSPS) is 11.7. The van der Waals surface area contributed by atoms with E-state index >= 15 is 0 Å². The summed E-state index contributed by atoms with van der Waals surface area (Å²) in [6.07, 6.45) is 2.74. The van der Waals surface area contributed by atoms with E-state index < -0.39 is 10.0 Å². The van der Waals surface area contributed by atoms with Crippen molar-refractivity contribution >= 4 is 21.6 Å². The molecule has 0 spiro atoms. The Labute approximate surface area is 133 Å². The summed E-state index contributed by atoms with van der Waals surface area (Å²) in [7, 11) is -3.34. The highest BCUT2D eigenvalue weighted by Crippen LogP contribution is 2.23. The molecule has 5 nitrogen and oxygen atoms in total. The van der Waals surface area contributed by atoms with Crippen molar-refractivity contribution in [3.8, 4) is 0 Å². The zero-order valence-electron chi connectivity index (χ0n) is 13.4. The Kier molecular flexibility index (Phi) is 6.77. The van der Waals surface area contributed by atoms with Crippen molar-refractivity contribution < 1.29 is 13.2 Å². The first-order valence-corrected chi connectivity index (χ1v) is 9.05. The quantitative estimate of drug-likeness (QED) is 0.747. The molecule has 0 bridgehead atoms. The topological polar surface area (TPSA) is 66.5 Å².